The van der Waals surface area contributed by atoms with Gasteiger partial charge >= 0.3 is 0 Å². The average molecular weight is 241 g/mol. The predicted molar refractivity (Wildman–Crippen MR) is 75.5 cm³/mol. The molecule has 1 rings (SSSR count). The second-order valence-electron chi connectivity index (χ2n) is 5.60. The molecule has 2 atom stereocenters. The van der Waals surface area contributed by atoms with Crippen LogP contribution < -0.4 is 5.32 Å². The van der Waals surface area contributed by atoms with E-state index in [1.54, 1.807) is 0 Å². The van der Waals surface area contributed by atoms with Gasteiger partial charge in [0, 0.05) is 12.1 Å². The maximum Gasteiger partial charge on any atom is 0.0246 e. The Kier molecular flexibility index (Phi) is 7.09. The highest BCUT2D eigenvalue weighted by atomic mass is 15.2. The smallest absolute Gasteiger partial charge is 0.0246 e. The van der Waals surface area contributed by atoms with E-state index in [4.69, 9.17) is 0 Å². The van der Waals surface area contributed by atoms with Gasteiger partial charge < -0.3 is 10.2 Å². The summed E-state index contributed by atoms with van der Waals surface area (Å²) in [7, 11) is 4.32. The van der Waals surface area contributed by atoms with Crippen molar-refractivity contribution >= 4 is 0 Å². The third-order valence-electron chi connectivity index (χ3n) is 3.82. The first kappa shape index (κ1) is 14.9. The summed E-state index contributed by atoms with van der Waals surface area (Å²) in [4.78, 5) is 4.99. The van der Waals surface area contributed by atoms with Crippen LogP contribution in [0.4, 0.5) is 0 Å². The highest BCUT2D eigenvalue weighted by molar-refractivity contribution is 4.84. The number of hydrogen-bond acceptors (Lipinski definition) is 3. The van der Waals surface area contributed by atoms with Gasteiger partial charge in [-0.1, -0.05) is 13.3 Å². The van der Waals surface area contributed by atoms with Crippen molar-refractivity contribution in [2.24, 2.45) is 0 Å². The lowest BCUT2D eigenvalue weighted by Crippen LogP contribution is -2.51. The Hall–Kier alpha value is -0.120. The minimum absolute atomic E-state index is 0.639. The molecule has 1 heterocycles. The van der Waals surface area contributed by atoms with Gasteiger partial charge in [-0.25, -0.2) is 0 Å². The van der Waals surface area contributed by atoms with Gasteiger partial charge in [0.05, 0.1) is 0 Å². The van der Waals surface area contributed by atoms with E-state index in [2.05, 4.69) is 43.1 Å². The monoisotopic (exact) mass is 241 g/mol. The first-order valence-electron chi connectivity index (χ1n) is 7.27. The molecule has 1 N–H and O–H groups in total. The highest BCUT2D eigenvalue weighted by Crippen LogP contribution is 2.19. The molecule has 3 heteroatoms. The van der Waals surface area contributed by atoms with Gasteiger partial charge in [0.2, 0.25) is 0 Å². The number of rotatable bonds is 7. The van der Waals surface area contributed by atoms with Crippen LogP contribution in [0.15, 0.2) is 0 Å². The van der Waals surface area contributed by atoms with Crippen molar-refractivity contribution in [3.63, 3.8) is 0 Å². The quantitative estimate of drug-likeness (QED) is 0.733. The molecule has 0 aromatic rings. The Morgan fingerprint density at radius 3 is 2.76 bits per heavy atom. The molecular weight excluding hydrogens is 210 g/mol. The molecule has 0 aromatic heterocycles. The molecule has 0 aromatic carbocycles. The zero-order valence-corrected chi connectivity index (χ0v) is 12.2. The molecule has 0 amide bonds. The van der Waals surface area contributed by atoms with Gasteiger partial charge in [-0.3, -0.25) is 4.90 Å². The zero-order chi connectivity index (χ0) is 12.7. The van der Waals surface area contributed by atoms with Gasteiger partial charge in [0.25, 0.3) is 0 Å². The van der Waals surface area contributed by atoms with Crippen molar-refractivity contribution in [3.8, 4) is 0 Å². The van der Waals surface area contributed by atoms with E-state index >= 15 is 0 Å². The first-order valence-corrected chi connectivity index (χ1v) is 7.27. The Morgan fingerprint density at radius 1 is 1.35 bits per heavy atom. The van der Waals surface area contributed by atoms with Crippen LogP contribution in [0.3, 0.4) is 0 Å². The topological polar surface area (TPSA) is 18.5 Å². The van der Waals surface area contributed by atoms with Gasteiger partial charge in [-0.2, -0.15) is 0 Å². The number of hydrogen-bond donors (Lipinski definition) is 1. The van der Waals surface area contributed by atoms with Crippen molar-refractivity contribution in [1.82, 2.24) is 15.1 Å². The largest absolute Gasteiger partial charge is 0.313 e. The van der Waals surface area contributed by atoms with E-state index in [0.717, 1.165) is 12.6 Å². The molecule has 1 fully saturated rings. The Labute approximate surface area is 108 Å². The second-order valence-corrected chi connectivity index (χ2v) is 5.60. The van der Waals surface area contributed by atoms with Crippen LogP contribution in [-0.4, -0.2) is 62.2 Å². The molecule has 2 unspecified atom stereocenters. The molecule has 0 aliphatic carbocycles. The molecule has 3 nitrogen and oxygen atoms in total. The van der Waals surface area contributed by atoms with Crippen LogP contribution in [0.25, 0.3) is 0 Å². The summed E-state index contributed by atoms with van der Waals surface area (Å²) in [5, 5.41) is 3.59. The summed E-state index contributed by atoms with van der Waals surface area (Å²) in [5.41, 5.74) is 0. The molecule has 17 heavy (non-hydrogen) atoms. The maximum absolute atomic E-state index is 3.59. The number of nitrogens with zero attached hydrogens (tertiary/aromatic N) is 2. The summed E-state index contributed by atoms with van der Waals surface area (Å²) in [6.07, 6.45) is 5.46. The third kappa shape index (κ3) is 5.36. The van der Waals surface area contributed by atoms with Gasteiger partial charge in [0.1, 0.15) is 0 Å². The van der Waals surface area contributed by atoms with Gasteiger partial charge in [0.15, 0.2) is 0 Å². The van der Waals surface area contributed by atoms with E-state index in [0.29, 0.717) is 6.04 Å². The lowest BCUT2D eigenvalue weighted by Gasteiger charge is -2.39. The standard InChI is InChI=1S/C14H31N3/c1-5-15-13(2)14-9-6-7-11-17(14)12-8-10-16(3)4/h13-15H,5-12H2,1-4H3. The summed E-state index contributed by atoms with van der Waals surface area (Å²) in [6, 6.07) is 1.39. The fourth-order valence-electron chi connectivity index (χ4n) is 2.91. The van der Waals surface area contributed by atoms with E-state index in [9.17, 15) is 0 Å². The normalized spacial score (nSPS) is 24.2. The fourth-order valence-corrected chi connectivity index (χ4v) is 2.91. The lowest BCUT2D eigenvalue weighted by atomic mass is 9.96. The third-order valence-corrected chi connectivity index (χ3v) is 3.82. The summed E-state index contributed by atoms with van der Waals surface area (Å²) >= 11 is 0. The van der Waals surface area contributed by atoms with E-state index in [1.807, 2.05) is 0 Å². The van der Waals surface area contributed by atoms with E-state index in [1.165, 1.54) is 45.3 Å². The average Bonchev–Trinajstić information content (AvgIpc) is 2.29. The fraction of sp³-hybridized carbons (Fsp3) is 1.00. The number of piperidine rings is 1. The number of likely N-dealkylation sites (N-methyl/N-ethyl adjacent to an activating group) is 1. The lowest BCUT2D eigenvalue weighted by molar-refractivity contribution is 0.115. The second kappa shape index (κ2) is 8.06. The molecule has 102 valence electrons. The van der Waals surface area contributed by atoms with Crippen LogP contribution >= 0.6 is 0 Å². The van der Waals surface area contributed by atoms with Gasteiger partial charge in [-0.05, 0) is 66.5 Å². The Bertz CT molecular complexity index is 194. The molecule has 0 saturated carbocycles. The number of likely N-dealkylation sites (tertiary alicyclic amines) is 1. The van der Waals surface area contributed by atoms with Crippen LogP contribution in [0, 0.1) is 0 Å². The predicted octanol–water partition coefficient (Wildman–Crippen LogP) is 1.79. The molecule has 0 bridgehead atoms. The van der Waals surface area contributed by atoms with Crippen molar-refractivity contribution in [2.45, 2.75) is 51.6 Å². The van der Waals surface area contributed by atoms with Crippen molar-refractivity contribution in [1.29, 1.82) is 0 Å². The van der Waals surface area contributed by atoms with Crippen molar-refractivity contribution < 1.29 is 0 Å². The molecule has 1 aliphatic rings. The van der Waals surface area contributed by atoms with Crippen LogP contribution in [0.5, 0.6) is 0 Å². The minimum Gasteiger partial charge on any atom is -0.313 e. The Morgan fingerprint density at radius 2 is 2.12 bits per heavy atom. The maximum atomic E-state index is 3.59. The minimum atomic E-state index is 0.639. The Balaban J connectivity index is 2.36. The SMILES string of the molecule is CCNC(C)C1CCCCN1CCCN(C)C. The molecule has 0 radical (unpaired) electrons. The van der Waals surface area contributed by atoms with Crippen LogP contribution in [0.2, 0.25) is 0 Å². The molecular formula is C14H31N3. The summed E-state index contributed by atoms with van der Waals surface area (Å²) in [5.74, 6) is 0. The van der Waals surface area contributed by atoms with Crippen molar-refractivity contribution in [3.05, 3.63) is 0 Å². The first-order chi connectivity index (χ1) is 8.15. The summed E-state index contributed by atoms with van der Waals surface area (Å²) < 4.78 is 0. The zero-order valence-electron chi connectivity index (χ0n) is 12.2. The molecule has 1 aliphatic heterocycles. The molecule has 1 saturated heterocycles. The van der Waals surface area contributed by atoms with Crippen molar-refractivity contribution in [2.75, 3.05) is 40.3 Å². The number of nitrogens with one attached hydrogen (secondary N) is 1. The molecule has 0 spiro atoms. The van der Waals surface area contributed by atoms with Crippen LogP contribution in [0.1, 0.15) is 39.5 Å². The van der Waals surface area contributed by atoms with Gasteiger partial charge in [-0.15, -0.1) is 0 Å². The van der Waals surface area contributed by atoms with E-state index in [-0.39, 0.29) is 0 Å². The highest BCUT2D eigenvalue weighted by Gasteiger charge is 2.26. The van der Waals surface area contributed by atoms with Crippen LogP contribution in [-0.2, 0) is 0 Å². The summed E-state index contributed by atoms with van der Waals surface area (Å²) in [6.45, 7) is 9.41. The van der Waals surface area contributed by atoms with E-state index < -0.39 is 0 Å².